The van der Waals surface area contributed by atoms with Gasteiger partial charge in [-0.15, -0.1) is 11.3 Å². The number of fused-ring (bicyclic) bond motifs is 4. The molecule has 0 saturated carbocycles. The van der Waals surface area contributed by atoms with Gasteiger partial charge in [-0.3, -0.25) is 28.5 Å². The van der Waals surface area contributed by atoms with Gasteiger partial charge in [-0.25, -0.2) is 8.42 Å². The molecule has 0 aliphatic carbocycles. The summed E-state index contributed by atoms with van der Waals surface area (Å²) >= 11 is 1.30. The van der Waals surface area contributed by atoms with Crippen LogP contribution < -0.4 is 13.8 Å². The number of allylic oxidation sites excluding steroid dienone is 1. The molecular weight excluding hydrogens is 989 g/mol. The molecule has 2 fully saturated rings. The number of nitrogens with zero attached hydrogens (tertiary/aromatic N) is 7. The highest BCUT2D eigenvalue weighted by Crippen LogP contribution is 2.45. The minimum absolute atomic E-state index is 0.0707. The monoisotopic (exact) mass is 1040 g/mol. The Balaban J connectivity index is 0.000000195. The number of aromatic nitrogens is 2. The maximum Gasteiger partial charge on any atom is 0.456 e. The predicted molar refractivity (Wildman–Crippen MR) is 258 cm³/mol. The number of methoxy groups -OCH3 is 1. The average Bonchev–Trinajstić information content (AvgIpc) is 4.15. The Hall–Kier alpha value is -6.10. The first-order chi connectivity index (χ1) is 33.9. The van der Waals surface area contributed by atoms with Crippen molar-refractivity contribution in [3.8, 4) is 11.5 Å². The van der Waals surface area contributed by atoms with Crippen LogP contribution in [0.2, 0.25) is 0 Å². The number of likely N-dealkylation sites (N-methyl/N-ethyl adjacent to an activating group) is 2. The topological polar surface area (TPSA) is 130 Å². The summed E-state index contributed by atoms with van der Waals surface area (Å²) in [7, 11) is 3.06. The lowest BCUT2D eigenvalue weighted by Gasteiger charge is -2.50. The minimum Gasteiger partial charge on any atom is -0.493 e. The Labute approximate surface area is 417 Å². The Bertz CT molecular complexity index is 2950. The number of carbonyl (C=O) groups is 3. The van der Waals surface area contributed by atoms with Gasteiger partial charge in [0.2, 0.25) is 0 Å². The quantitative estimate of drug-likeness (QED) is 0.0809. The number of benzene rings is 2. The van der Waals surface area contributed by atoms with Gasteiger partial charge in [-0.2, -0.15) is 26.3 Å². The lowest BCUT2D eigenvalue weighted by Crippen LogP contribution is -2.56. The summed E-state index contributed by atoms with van der Waals surface area (Å²) in [6, 6.07) is 19.9. The molecule has 386 valence electrons. The number of likely N-dealkylation sites (tertiary alicyclic amines) is 2. The molecule has 4 aliphatic rings. The second-order valence-electron chi connectivity index (χ2n) is 18.4. The summed E-state index contributed by atoms with van der Waals surface area (Å²) in [5.41, 5.74) is 0.0763. The summed E-state index contributed by atoms with van der Waals surface area (Å²) in [6.45, 7) is 8.63. The van der Waals surface area contributed by atoms with Crippen LogP contribution in [-0.4, -0.2) is 128 Å². The first-order valence-corrected chi connectivity index (χ1v) is 25.5. The number of halogens is 6. The largest absolute Gasteiger partial charge is 0.493 e. The fourth-order valence-electron chi connectivity index (χ4n) is 10.5. The lowest BCUT2D eigenvalue weighted by molar-refractivity contribution is -0.144. The van der Waals surface area contributed by atoms with Gasteiger partial charge in [0.25, 0.3) is 27.6 Å². The number of anilines is 1. The van der Waals surface area contributed by atoms with Gasteiger partial charge in [0, 0.05) is 81.9 Å². The van der Waals surface area contributed by atoms with Gasteiger partial charge in [0.1, 0.15) is 10.7 Å². The highest BCUT2D eigenvalue weighted by atomic mass is 32.2. The molecule has 4 aliphatic heterocycles. The predicted octanol–water partition coefficient (Wildman–Crippen LogP) is 8.70. The van der Waals surface area contributed by atoms with Crippen molar-refractivity contribution in [2.75, 3.05) is 71.8 Å². The van der Waals surface area contributed by atoms with Crippen LogP contribution in [0.4, 0.5) is 31.3 Å². The first kappa shape index (κ1) is 52.2. The lowest BCUT2D eigenvalue weighted by atomic mass is 9.81. The van der Waals surface area contributed by atoms with Crippen molar-refractivity contribution < 1.29 is 58.6 Å². The van der Waals surface area contributed by atoms with Crippen molar-refractivity contribution in [2.24, 2.45) is 0 Å². The molecule has 7 heterocycles. The molecule has 0 N–H and O–H groups in total. The number of sulfonamides is 1. The fraction of sp³-hybridized carbons (Fsp3) is 0.420. The fourth-order valence-corrected chi connectivity index (χ4v) is 12.6. The molecule has 2 saturated heterocycles. The van der Waals surface area contributed by atoms with E-state index in [1.54, 1.807) is 64.6 Å². The summed E-state index contributed by atoms with van der Waals surface area (Å²) < 4.78 is 121. The zero-order valence-corrected chi connectivity index (χ0v) is 42.0. The Kier molecular flexibility index (Phi) is 14.3. The Morgan fingerprint density at radius 3 is 1.74 bits per heavy atom. The molecule has 9 rings (SSSR count). The number of amides is 2. The number of carbonyl (C=O) groups excluding carboxylic acids is 3. The molecule has 3 aromatic heterocycles. The number of hydrogen-bond donors (Lipinski definition) is 0. The first-order valence-electron chi connectivity index (χ1n) is 23.2. The summed E-state index contributed by atoms with van der Waals surface area (Å²) in [4.78, 5) is 46.1. The van der Waals surface area contributed by atoms with Crippen molar-refractivity contribution in [3.63, 3.8) is 0 Å². The number of ether oxygens (including phenoxy) is 2. The highest BCUT2D eigenvalue weighted by Gasteiger charge is 2.49. The highest BCUT2D eigenvalue weighted by molar-refractivity contribution is 7.93. The van der Waals surface area contributed by atoms with Crippen LogP contribution >= 0.6 is 11.3 Å². The molecule has 0 bridgehead atoms. The number of thiophene rings is 1. The van der Waals surface area contributed by atoms with Crippen molar-refractivity contribution in [3.05, 3.63) is 130 Å². The number of alkyl halides is 6. The van der Waals surface area contributed by atoms with E-state index in [1.807, 2.05) is 14.1 Å². The molecule has 0 radical (unpaired) electrons. The summed E-state index contributed by atoms with van der Waals surface area (Å²) in [5, 5.41) is 2.36. The van der Waals surface area contributed by atoms with E-state index in [0.717, 1.165) is 0 Å². The van der Waals surface area contributed by atoms with Crippen molar-refractivity contribution in [1.82, 2.24) is 28.7 Å². The Morgan fingerprint density at radius 1 is 0.694 bits per heavy atom. The number of rotatable bonds is 9. The maximum absolute atomic E-state index is 13.5. The minimum atomic E-state index is -4.95. The number of Topliss-reactive ketones (excluding diaryl/α,β-unsaturated/α-hetero) is 1. The normalized spacial score (nSPS) is 17.9. The van der Waals surface area contributed by atoms with Crippen LogP contribution in [0.3, 0.4) is 0 Å². The van der Waals surface area contributed by atoms with Crippen molar-refractivity contribution >= 4 is 44.0 Å². The van der Waals surface area contributed by atoms with Gasteiger partial charge in [0.05, 0.1) is 34.5 Å². The van der Waals surface area contributed by atoms with E-state index in [-0.39, 0.29) is 28.9 Å². The molecule has 5 aromatic rings. The molecule has 0 unspecified atom stereocenters. The average molecular weight is 1040 g/mol. The molecule has 0 atom stereocenters. The molecule has 2 spiro atoms. The van der Waals surface area contributed by atoms with E-state index in [4.69, 9.17) is 9.47 Å². The van der Waals surface area contributed by atoms with Crippen molar-refractivity contribution in [1.29, 1.82) is 0 Å². The van der Waals surface area contributed by atoms with E-state index >= 15 is 0 Å². The van der Waals surface area contributed by atoms with Gasteiger partial charge in [0.15, 0.2) is 11.5 Å². The third kappa shape index (κ3) is 9.65. The van der Waals surface area contributed by atoms with Crippen molar-refractivity contribution in [2.45, 2.75) is 74.0 Å². The van der Waals surface area contributed by atoms with Crippen LogP contribution in [0.25, 0.3) is 0 Å². The number of ketones is 1. The van der Waals surface area contributed by atoms with E-state index in [9.17, 15) is 49.1 Å². The third-order valence-corrected chi connectivity index (χ3v) is 17.3. The van der Waals surface area contributed by atoms with E-state index in [0.29, 0.717) is 116 Å². The van der Waals surface area contributed by atoms with Crippen LogP contribution in [0, 0.1) is 0 Å². The molecule has 2 amide bonds. The van der Waals surface area contributed by atoms with Crippen LogP contribution in [-0.2, 0) is 40.4 Å². The van der Waals surface area contributed by atoms with Gasteiger partial charge >= 0.3 is 12.4 Å². The third-order valence-electron chi connectivity index (χ3n) is 14.5. The van der Waals surface area contributed by atoms with Crippen LogP contribution in [0.15, 0.2) is 101 Å². The standard InChI is InChI=1S/C26H27F3N4O4S2.C24H28F3N3O3/c1-30-15-16-33-20(23(34)26(27,28)29)9-10-21(33)25(30)11-13-32(14-12-25)24(35)18-5-7-19(8-6-18)39(36,37)31(2)22-4-3-17-38-22;1-16(2)33-18-6-5-17(15-19(18)32-4)22(31)29-11-9-23(10-12-29)20-7-8-21(24(25,26)27)30(20)14-13-28(23)3/h3-10,17H,11-16H2,1-2H3;5-8,15H,1,9-14H2,2-4H3. The molecule has 22 heteroatoms. The number of hydrogen-bond acceptors (Lipinski definition) is 10. The number of piperidine rings is 2. The van der Waals surface area contributed by atoms with E-state index in [2.05, 4.69) is 16.4 Å². The zero-order valence-electron chi connectivity index (χ0n) is 40.3. The van der Waals surface area contributed by atoms with Gasteiger partial charge < -0.3 is 28.4 Å². The second kappa shape index (κ2) is 19.7. The summed E-state index contributed by atoms with van der Waals surface area (Å²) in [5.74, 6) is -0.833. The molecule has 14 nitrogen and oxygen atoms in total. The zero-order chi connectivity index (χ0) is 52.1. The molecule has 2 aromatic carbocycles. The SMILES string of the molecule is C=C(C)Oc1ccc(C(=O)N2CCC3(CC2)c2ccc(C(F)(F)F)n2CCN3C)cc1OC.CN1CCn2c(C(=O)C(F)(F)F)ccc2C12CCN(C(=O)c1ccc(S(=O)(=O)N(C)c3cccs3)cc1)CC2. The van der Waals surface area contributed by atoms with Gasteiger partial charge in [-0.1, -0.05) is 6.58 Å². The smallest absolute Gasteiger partial charge is 0.456 e. The molecule has 72 heavy (non-hydrogen) atoms. The van der Waals surface area contributed by atoms with E-state index < -0.39 is 44.9 Å². The van der Waals surface area contributed by atoms with E-state index in [1.165, 1.54) is 75.3 Å². The van der Waals surface area contributed by atoms with Gasteiger partial charge in [-0.05, 0) is 131 Å². The summed E-state index contributed by atoms with van der Waals surface area (Å²) in [6.07, 6.45) is -7.25. The molecular formula is C50H55F6N7O7S2. The van der Waals surface area contributed by atoms with Crippen LogP contribution in [0.5, 0.6) is 11.5 Å². The van der Waals surface area contributed by atoms with Crippen LogP contribution in [0.1, 0.15) is 80.9 Å². The Morgan fingerprint density at radius 2 is 1.22 bits per heavy atom. The maximum atomic E-state index is 13.5. The second-order valence-corrected chi connectivity index (χ2v) is 21.3.